The normalized spacial score (nSPS) is 15.8. The molecule has 0 aromatic heterocycles. The molecule has 2 atom stereocenters. The Balaban J connectivity index is 1.79. The average Bonchev–Trinajstić information content (AvgIpc) is 3.09. The number of benzene rings is 2. The number of carbonyl (C=O) groups is 5. The van der Waals surface area contributed by atoms with Gasteiger partial charge in [-0.05, 0) is 79.7 Å². The van der Waals surface area contributed by atoms with Gasteiger partial charge in [0.2, 0.25) is 11.8 Å². The number of thiocarbonyl (C=S) groups is 1. The van der Waals surface area contributed by atoms with Crippen molar-refractivity contribution in [3.05, 3.63) is 59.7 Å². The molecule has 1 aliphatic rings. The minimum absolute atomic E-state index is 0.00583. The van der Waals surface area contributed by atoms with Gasteiger partial charge in [0, 0.05) is 70.4 Å². The molecule has 10 nitrogen and oxygen atoms in total. The Kier molecular flexibility index (Phi) is 19.6. The van der Waals surface area contributed by atoms with E-state index in [1.165, 1.54) is 42.2 Å². The van der Waals surface area contributed by atoms with E-state index < -0.39 is 12.1 Å². The molecule has 1 heterocycles. The number of nitrogens with zero attached hydrogens (tertiary/aromatic N) is 2. The number of aliphatic hydroxyl groups excluding tert-OH is 1. The van der Waals surface area contributed by atoms with Gasteiger partial charge < -0.3 is 24.4 Å². The molecule has 0 unspecified atom stereocenters. The second-order valence-electron chi connectivity index (χ2n) is 12.4. The van der Waals surface area contributed by atoms with Crippen LogP contribution in [-0.2, 0) is 36.8 Å². The van der Waals surface area contributed by atoms with Gasteiger partial charge in [0.05, 0.1) is 13.2 Å². The van der Waals surface area contributed by atoms with Gasteiger partial charge in [0.25, 0.3) is 0 Å². The monoisotopic (exact) mass is 790 g/mol. The van der Waals surface area contributed by atoms with Crippen molar-refractivity contribution >= 4 is 79.7 Å². The van der Waals surface area contributed by atoms with Crippen molar-refractivity contribution in [3.8, 4) is 11.5 Å². The van der Waals surface area contributed by atoms with E-state index >= 15 is 0 Å². The molecule has 0 spiro atoms. The molecular weight excluding hydrogens is 741 g/mol. The zero-order valence-corrected chi connectivity index (χ0v) is 33.5. The van der Waals surface area contributed by atoms with Crippen molar-refractivity contribution in [3.63, 3.8) is 0 Å². The fraction of sp³-hybridized carbons (Fsp3) is 0.526. The fourth-order valence-corrected chi connectivity index (χ4v) is 7.52. The Labute approximate surface area is 325 Å². The van der Waals surface area contributed by atoms with Gasteiger partial charge in [-0.15, -0.1) is 0 Å². The zero-order valence-electron chi connectivity index (χ0n) is 30.2. The first kappa shape index (κ1) is 43.3. The number of thioether (sulfide) groups is 3. The number of amides is 2. The fourth-order valence-electron chi connectivity index (χ4n) is 5.71. The van der Waals surface area contributed by atoms with E-state index in [4.69, 9.17) is 21.7 Å². The van der Waals surface area contributed by atoms with Crippen molar-refractivity contribution in [2.75, 3.05) is 43.6 Å². The smallest absolute Gasteiger partial charge is 0.246 e. The molecule has 0 saturated carbocycles. The van der Waals surface area contributed by atoms with Gasteiger partial charge in [-0.1, -0.05) is 59.6 Å². The molecule has 2 amide bonds. The topological polar surface area (TPSA) is 131 Å². The molecule has 1 N–H and O–H groups in total. The maximum absolute atomic E-state index is 14.4. The van der Waals surface area contributed by atoms with Crippen LogP contribution in [0.1, 0.15) is 70.4 Å². The van der Waals surface area contributed by atoms with Crippen LogP contribution in [0, 0.1) is 0 Å². The minimum Gasteiger partial charge on any atom is -0.502 e. The molecule has 0 bridgehead atoms. The lowest BCUT2D eigenvalue weighted by Gasteiger charge is -2.45. The second-order valence-corrected chi connectivity index (χ2v) is 16.7. The first-order valence-corrected chi connectivity index (χ1v) is 21.0. The summed E-state index contributed by atoms with van der Waals surface area (Å²) >= 11 is 8.60. The number of hydrogen-bond donors (Lipinski definition) is 1. The molecule has 3 rings (SSSR count). The third kappa shape index (κ3) is 15.9. The predicted octanol–water partition coefficient (Wildman–Crippen LogP) is 6.70. The molecule has 1 aliphatic heterocycles. The van der Waals surface area contributed by atoms with Crippen LogP contribution < -0.4 is 9.47 Å². The Hall–Kier alpha value is -3.07. The quantitative estimate of drug-likeness (QED) is 0.0950. The molecule has 1 fully saturated rings. The number of carbonyl (C=O) groups excluding carboxylic acids is 5. The Bertz CT molecular complexity index is 1380. The molecule has 14 heteroatoms. The van der Waals surface area contributed by atoms with Crippen molar-refractivity contribution < 1.29 is 38.6 Å². The lowest BCUT2D eigenvalue weighted by Crippen LogP contribution is -2.66. The van der Waals surface area contributed by atoms with Crippen LogP contribution in [-0.4, -0.2) is 103 Å². The Morgan fingerprint density at radius 2 is 1.02 bits per heavy atom. The average molecular weight is 791 g/mol. The van der Waals surface area contributed by atoms with E-state index in [2.05, 4.69) is 0 Å². The summed E-state index contributed by atoms with van der Waals surface area (Å²) in [4.78, 5) is 66.2. The van der Waals surface area contributed by atoms with Crippen LogP contribution in [0.3, 0.4) is 0 Å². The zero-order chi connectivity index (χ0) is 37.9. The molecule has 0 aliphatic carbocycles. The summed E-state index contributed by atoms with van der Waals surface area (Å²) in [6, 6.07) is 13.6. The highest BCUT2D eigenvalue weighted by Crippen LogP contribution is 2.27. The van der Waals surface area contributed by atoms with E-state index in [0.717, 1.165) is 24.0 Å². The molecule has 284 valence electrons. The van der Waals surface area contributed by atoms with Crippen molar-refractivity contribution in [1.82, 2.24) is 9.80 Å². The number of hydrogen-bond acceptors (Lipinski definition) is 11. The number of piperazine rings is 1. The van der Waals surface area contributed by atoms with E-state index in [0.29, 0.717) is 93.6 Å². The first-order valence-electron chi connectivity index (χ1n) is 17.6. The largest absolute Gasteiger partial charge is 0.502 e. The Morgan fingerprint density at radius 1 is 0.635 bits per heavy atom. The summed E-state index contributed by atoms with van der Waals surface area (Å²) in [5, 5.41) is 9.66. The van der Waals surface area contributed by atoms with E-state index in [1.807, 2.05) is 48.5 Å². The van der Waals surface area contributed by atoms with E-state index in [-0.39, 0.29) is 32.2 Å². The highest BCUT2D eigenvalue weighted by atomic mass is 32.2. The molecule has 2 aromatic carbocycles. The first-order chi connectivity index (χ1) is 24.9. The maximum Gasteiger partial charge on any atom is 0.246 e. The van der Waals surface area contributed by atoms with E-state index in [1.54, 1.807) is 23.6 Å². The predicted molar refractivity (Wildman–Crippen MR) is 215 cm³/mol. The molecule has 1 saturated heterocycles. The number of rotatable bonds is 23. The number of aliphatic hydroxyl groups is 1. The van der Waals surface area contributed by atoms with Gasteiger partial charge in [-0.25, -0.2) is 0 Å². The highest BCUT2D eigenvalue weighted by Gasteiger charge is 2.45. The van der Waals surface area contributed by atoms with Gasteiger partial charge >= 0.3 is 0 Å². The molecule has 0 radical (unpaired) electrons. The van der Waals surface area contributed by atoms with Gasteiger partial charge in [0.1, 0.15) is 23.6 Å². The van der Waals surface area contributed by atoms with Gasteiger partial charge in [0.15, 0.2) is 20.4 Å². The summed E-state index contributed by atoms with van der Waals surface area (Å²) in [6.07, 6.45) is 4.19. The van der Waals surface area contributed by atoms with Crippen LogP contribution in [0.5, 0.6) is 11.5 Å². The summed E-state index contributed by atoms with van der Waals surface area (Å²) in [6.45, 7) is 6.26. The summed E-state index contributed by atoms with van der Waals surface area (Å²) in [5.41, 5.74) is 1.77. The summed E-state index contributed by atoms with van der Waals surface area (Å²) < 4.78 is 11.7. The van der Waals surface area contributed by atoms with Crippen molar-refractivity contribution in [1.29, 1.82) is 0 Å². The van der Waals surface area contributed by atoms with E-state index in [9.17, 15) is 29.1 Å². The maximum atomic E-state index is 14.4. The molecular formula is C38H50N2O8S4. The van der Waals surface area contributed by atoms with Gasteiger partial charge in [-0.2, -0.15) is 0 Å². The third-order valence-electron chi connectivity index (χ3n) is 8.21. The Morgan fingerprint density at radius 3 is 1.40 bits per heavy atom. The lowest BCUT2D eigenvalue weighted by molar-refractivity contribution is -0.161. The van der Waals surface area contributed by atoms with Crippen LogP contribution in [0.2, 0.25) is 0 Å². The van der Waals surface area contributed by atoms with Crippen molar-refractivity contribution in [2.45, 2.75) is 84.2 Å². The van der Waals surface area contributed by atoms with Crippen LogP contribution >= 0.6 is 47.5 Å². The second kappa shape index (κ2) is 23.6. The van der Waals surface area contributed by atoms with Gasteiger partial charge in [-0.3, -0.25) is 24.0 Å². The minimum atomic E-state index is -0.725. The lowest BCUT2D eigenvalue weighted by atomic mass is 9.93. The summed E-state index contributed by atoms with van der Waals surface area (Å²) in [7, 11) is 0. The highest BCUT2D eigenvalue weighted by molar-refractivity contribution is 8.14. The SMILES string of the molecule is CC(=O)SCCCOc1ccc(C[C@H]2C(=O)N(CCCSC(C)=O)[C@@H](Cc3ccc(OCCCSC(C)=O)cc3)C(=O)N2CCCCC(O)=S)cc1. The number of unbranched alkanes of at least 4 members (excludes halogenated alkanes) is 1. The summed E-state index contributed by atoms with van der Waals surface area (Å²) in [5.74, 6) is 3.03. The molecule has 52 heavy (non-hydrogen) atoms. The van der Waals surface area contributed by atoms with Crippen LogP contribution in [0.25, 0.3) is 0 Å². The third-order valence-corrected chi connectivity index (χ3v) is 11.1. The van der Waals surface area contributed by atoms with Crippen LogP contribution in [0.4, 0.5) is 0 Å². The number of ether oxygens (including phenoxy) is 2. The standard InChI is InChI=1S/C38H50N2O8S4/c1-27(41)50-22-6-19-40-35(26-31-12-16-33(17-13-31)48-21-8-24-52-29(3)43)37(45)39(18-5-4-9-36(44)49)34(38(40)46)25-30-10-14-32(15-11-30)47-20-7-23-51-28(2)42/h10-17,34-35H,4-9,18-26H2,1-3H3,(H,44,49)/t34-,35-/m0/s1. The van der Waals surface area contributed by atoms with Crippen molar-refractivity contribution in [2.24, 2.45) is 0 Å². The molecule has 2 aromatic rings. The van der Waals surface area contributed by atoms with Crippen LogP contribution in [0.15, 0.2) is 48.5 Å².